The highest BCUT2D eigenvalue weighted by Crippen LogP contribution is 2.42. The van der Waals surface area contributed by atoms with Gasteiger partial charge >= 0.3 is 0 Å². The van der Waals surface area contributed by atoms with Crippen LogP contribution in [0.5, 0.6) is 0 Å². The number of hydrogen-bond donors (Lipinski definition) is 16. The van der Waals surface area contributed by atoms with Crippen LogP contribution in [0.15, 0.2) is 213 Å². The molecule has 0 unspecified atom stereocenters. The summed E-state index contributed by atoms with van der Waals surface area (Å²) in [6.07, 6.45) is 25.5. The topological polar surface area (TPSA) is 454 Å². The van der Waals surface area contributed by atoms with Crippen molar-refractivity contribution in [1.82, 2.24) is 135 Å². The summed E-state index contributed by atoms with van der Waals surface area (Å²) in [6, 6.07) is 58.7. The first kappa shape index (κ1) is 85.9. The smallest absolute Gasteiger partial charge is 0.232 e. The van der Waals surface area contributed by atoms with Gasteiger partial charge in [0, 0.05) is 68.9 Å². The van der Waals surface area contributed by atoms with Crippen LogP contribution in [-0.2, 0) is 46.2 Å². The number of H-pyrrole nitrogens is 6. The summed E-state index contributed by atoms with van der Waals surface area (Å²) in [5.41, 5.74) is 21.7. The van der Waals surface area contributed by atoms with Gasteiger partial charge in [0.2, 0.25) is 29.7 Å². The maximum absolute atomic E-state index is 4.81. The zero-order valence-corrected chi connectivity index (χ0v) is 76.7. The van der Waals surface area contributed by atoms with Gasteiger partial charge in [0.1, 0.15) is 63.1 Å². The van der Waals surface area contributed by atoms with E-state index in [0.29, 0.717) is 53.2 Å². The zero-order chi connectivity index (χ0) is 92.4. The SMILES string of the molecule is CC(C)n1ncc(Nc2nc(N[C@@H]3CCc4ccccc43)c3cc[nH]c3n2)n1.Cc1c(Nc2nc(N[C@@H]3CCc4ccccc43)c3cc[nH]c3n2)cnn1C(C)C.Cc1cc(Nc2nc(N[C@@H]3CCc4ccccc43)c3cc[nH]c3n2)n(C)n1.Cc1cc(Nc2nc(N[C@@H]3CCc4ccccc43)c3cc[nH]c3n2)n[nH]1.Cn1cc(Nc2nc(N[C@@H]3CCc4ccccc43)c3cc[nH]c3n2)nn1. The quantitative estimate of drug-likeness (QED) is 0.0300. The molecule has 5 aromatic carbocycles. The number of hydrogen-bond acceptors (Lipinski definition) is 27. The number of aromatic nitrogens is 27. The summed E-state index contributed by atoms with van der Waals surface area (Å²) in [5.74, 6) is 9.49. The van der Waals surface area contributed by atoms with Crippen molar-refractivity contribution in [2.24, 2.45) is 14.1 Å². The van der Waals surface area contributed by atoms with Crippen molar-refractivity contribution < 1.29 is 0 Å². The van der Waals surface area contributed by atoms with E-state index in [1.807, 2.05) is 126 Å². The first-order chi connectivity index (χ1) is 66.5. The largest absolute Gasteiger partial charge is 0.363 e. The predicted molar refractivity (Wildman–Crippen MR) is 532 cm³/mol. The first-order valence-electron chi connectivity index (χ1n) is 46.1. The number of aryl methyl sites for hydroxylation is 9. The Bertz CT molecular complexity index is 7480. The maximum atomic E-state index is 4.81. The lowest BCUT2D eigenvalue weighted by atomic mass is 10.1. The molecule has 5 aliphatic rings. The van der Waals surface area contributed by atoms with Crippen LogP contribution in [0, 0.1) is 20.8 Å². The van der Waals surface area contributed by atoms with Gasteiger partial charge in [-0.15, -0.1) is 10.2 Å². The van der Waals surface area contributed by atoms with Crippen LogP contribution in [0.3, 0.4) is 0 Å². The van der Waals surface area contributed by atoms with Gasteiger partial charge in [-0.25, -0.2) is 0 Å². The molecule has 15 aromatic heterocycles. The maximum Gasteiger partial charge on any atom is 0.232 e. The Morgan fingerprint density at radius 2 is 0.713 bits per heavy atom. The second-order valence-corrected chi connectivity index (χ2v) is 35.3. The molecule has 37 heteroatoms. The molecule has 0 fully saturated rings. The highest BCUT2D eigenvalue weighted by atomic mass is 15.5. The number of aromatic amines is 6. The van der Waals surface area contributed by atoms with Gasteiger partial charge in [0.25, 0.3) is 0 Å². The lowest BCUT2D eigenvalue weighted by molar-refractivity contribution is 0.467. The van der Waals surface area contributed by atoms with Crippen molar-refractivity contribution in [3.05, 3.63) is 286 Å². The Kier molecular flexibility index (Phi) is 23.6. The number of nitrogens with one attached hydrogen (secondary N) is 16. The number of nitrogens with zero attached hydrogens (tertiary/aromatic N) is 21. The minimum atomic E-state index is 0.196. The third kappa shape index (κ3) is 18.4. The van der Waals surface area contributed by atoms with E-state index < -0.39 is 0 Å². The Morgan fingerprint density at radius 1 is 0.360 bits per heavy atom. The van der Waals surface area contributed by atoms with Crippen LogP contribution in [0.1, 0.15) is 175 Å². The lowest BCUT2D eigenvalue weighted by Gasteiger charge is -2.16. The van der Waals surface area contributed by atoms with Crippen molar-refractivity contribution in [1.29, 1.82) is 0 Å². The third-order valence-electron chi connectivity index (χ3n) is 25.3. The van der Waals surface area contributed by atoms with Crippen LogP contribution >= 0.6 is 0 Å². The molecule has 0 saturated heterocycles. The van der Waals surface area contributed by atoms with Crippen molar-refractivity contribution >= 4 is 143 Å². The second-order valence-electron chi connectivity index (χ2n) is 35.3. The molecule has 5 aliphatic carbocycles. The number of anilines is 15. The van der Waals surface area contributed by atoms with E-state index in [1.54, 1.807) is 26.6 Å². The molecule has 0 radical (unpaired) electrons. The van der Waals surface area contributed by atoms with Gasteiger partial charge in [-0.1, -0.05) is 127 Å². The van der Waals surface area contributed by atoms with Crippen molar-refractivity contribution in [3.63, 3.8) is 0 Å². The average Bonchev–Trinajstić information content (AvgIpc) is 1.63. The molecule has 25 rings (SSSR count). The molecule has 0 spiro atoms. The molecular weight excluding hydrogens is 1710 g/mol. The van der Waals surface area contributed by atoms with Gasteiger partial charge in [-0.2, -0.15) is 75.0 Å². The second kappa shape index (κ2) is 37.4. The molecule has 37 nitrogen and oxygen atoms in total. The Labute approximate surface area is 781 Å². The first-order valence-corrected chi connectivity index (χ1v) is 46.1. The molecule has 15 heterocycles. The molecular formula is C99H105N37. The van der Waals surface area contributed by atoms with Gasteiger partial charge in [0.15, 0.2) is 17.5 Å². The van der Waals surface area contributed by atoms with Crippen LogP contribution in [0.4, 0.5) is 87.8 Å². The minimum absolute atomic E-state index is 0.196. The summed E-state index contributed by atoms with van der Waals surface area (Å²) < 4.78 is 5.41. The summed E-state index contributed by atoms with van der Waals surface area (Å²) >= 11 is 0. The molecule has 0 bridgehead atoms. The molecule has 0 saturated carbocycles. The highest BCUT2D eigenvalue weighted by Gasteiger charge is 2.31. The Balaban J connectivity index is 0.000000102. The predicted octanol–water partition coefficient (Wildman–Crippen LogP) is 19.5. The van der Waals surface area contributed by atoms with Gasteiger partial charge in [0.05, 0.1) is 98.8 Å². The normalized spacial score (nSPS) is 15.9. The number of rotatable bonds is 22. The molecule has 0 aliphatic heterocycles. The molecule has 136 heavy (non-hydrogen) atoms. The van der Waals surface area contributed by atoms with Crippen molar-refractivity contribution in [3.8, 4) is 0 Å². The van der Waals surface area contributed by atoms with E-state index in [4.69, 9.17) is 19.9 Å². The van der Waals surface area contributed by atoms with E-state index >= 15 is 0 Å². The fraction of sp³-hybridized carbons (Fsp3) is 0.263. The van der Waals surface area contributed by atoms with Crippen molar-refractivity contribution in [2.45, 2.75) is 155 Å². The third-order valence-corrected chi connectivity index (χ3v) is 25.3. The van der Waals surface area contributed by atoms with Gasteiger partial charge in [-0.05, 0) is 199 Å². The fourth-order valence-electron chi connectivity index (χ4n) is 18.7. The fourth-order valence-corrected chi connectivity index (χ4v) is 18.7. The van der Waals surface area contributed by atoms with E-state index in [-0.39, 0.29) is 36.3 Å². The van der Waals surface area contributed by atoms with Crippen molar-refractivity contribution in [2.75, 3.05) is 53.2 Å². The van der Waals surface area contributed by atoms with E-state index in [1.165, 1.54) is 55.6 Å². The van der Waals surface area contributed by atoms with E-state index in [2.05, 4.69) is 291 Å². The summed E-state index contributed by atoms with van der Waals surface area (Å²) in [6.45, 7) is 14.3. The van der Waals surface area contributed by atoms with Crippen LogP contribution in [0.25, 0.3) is 55.2 Å². The lowest BCUT2D eigenvalue weighted by Crippen LogP contribution is -2.11. The molecule has 0 amide bonds. The number of fused-ring (bicyclic) bond motifs is 10. The molecule has 686 valence electrons. The Hall–Kier alpha value is -16.9. The summed E-state index contributed by atoms with van der Waals surface area (Å²) in [4.78, 5) is 64.2. The summed E-state index contributed by atoms with van der Waals surface area (Å²) in [7, 11) is 3.72. The van der Waals surface area contributed by atoms with Gasteiger partial charge in [-0.3, -0.25) is 19.1 Å². The standard InChI is InChI=1S/C22H25N7.C20H22N8.C20H21N7.C19H19N7.C18H18N8/c1-13(2)29-14(3)19(12-24-29)26-22-27-20-17(10-11-23-20)21(28-22)25-18-9-8-15-6-4-5-7-16(15)18;1-12(2)28-22-11-17(27-28)24-20-25-18-15(9-10-21-18)19(26-20)23-16-8-7-13-5-3-4-6-14(13)16;1-12-11-17(27(2)26-12)23-20-24-18-15(9-10-21-18)19(25-20)22-16-8-7-13-5-3-4-6-14(13)16;1-11-10-16(26-25-11)22-19-23-17-14(8-9-20-17)18(24-19)21-15-7-6-12-4-2-3-5-13(12)15;1-26-10-15(24-25-26)21-18-22-16-13(8-9-19-16)17(23-18)20-14-7-6-11-4-2-3-5-12(11)14/h4-7,10-13,18H,8-9H2,1-3H3,(H3,23,25,26,27,28);3-6,9-12,16H,7-8H2,1-2H3,(H3,21,23,24,25,26,27);3-6,9-11,16H,7-8H2,1-2H3,(H3,21,22,23,24,25);2-5,8-10,15H,6-7H2,1H3,(H4,20,21,22,23,24,25,26);2-5,8-10,14H,6-7H2,1H3,(H3,19,20,21,22,23)/t18-;2*16-;15-;14-/m11111/s1. The Morgan fingerprint density at radius 3 is 1.03 bits per heavy atom. The van der Waals surface area contributed by atoms with E-state index in [0.717, 1.165) is 177 Å². The number of benzene rings is 5. The highest BCUT2D eigenvalue weighted by molar-refractivity contribution is 5.93. The van der Waals surface area contributed by atoms with Crippen LogP contribution in [-0.4, -0.2) is 135 Å². The molecule has 16 N–H and O–H groups in total. The van der Waals surface area contributed by atoms with E-state index in [9.17, 15) is 0 Å². The van der Waals surface area contributed by atoms with Crippen LogP contribution in [0.2, 0.25) is 0 Å². The monoisotopic (exact) mass is 1810 g/mol. The van der Waals surface area contributed by atoms with Gasteiger partial charge < -0.3 is 78.1 Å². The van der Waals surface area contributed by atoms with Crippen LogP contribution < -0.4 is 53.2 Å². The minimum Gasteiger partial charge on any atom is -0.363 e. The molecule has 5 atom stereocenters. The summed E-state index contributed by atoms with van der Waals surface area (Å²) in [5, 5.41) is 71.7. The molecule has 20 aromatic rings. The average molecular weight is 1810 g/mol. The zero-order valence-electron chi connectivity index (χ0n) is 76.7.